The first-order chi connectivity index (χ1) is 14.6. The fraction of sp³-hybridized carbons (Fsp3) is 0.286. The van der Waals surface area contributed by atoms with Crippen LogP contribution in [0, 0.1) is 13.8 Å². The molecule has 0 saturated carbocycles. The number of halogens is 2. The predicted molar refractivity (Wildman–Crippen MR) is 111 cm³/mol. The first-order valence-corrected chi connectivity index (χ1v) is 9.43. The lowest BCUT2D eigenvalue weighted by molar-refractivity contribution is -0.114. The molecule has 8 nitrogen and oxygen atoms in total. The Bertz CT molecular complexity index is 1080. The van der Waals surface area contributed by atoms with E-state index < -0.39 is 11.7 Å². The third-order valence-corrected chi connectivity index (χ3v) is 4.05. The molecule has 0 atom stereocenters. The van der Waals surface area contributed by atoms with Crippen molar-refractivity contribution in [3.05, 3.63) is 59.4 Å². The molecule has 3 aromatic heterocycles. The van der Waals surface area contributed by atoms with Gasteiger partial charge in [0.2, 0.25) is 11.7 Å². The molecule has 0 aromatic carbocycles. The third-order valence-electron chi connectivity index (χ3n) is 4.05. The van der Waals surface area contributed by atoms with Crippen LogP contribution in [0.25, 0.3) is 0 Å². The fourth-order valence-electron chi connectivity index (χ4n) is 2.62. The molecule has 0 spiro atoms. The number of hydrogen-bond acceptors (Lipinski definition) is 7. The summed E-state index contributed by atoms with van der Waals surface area (Å²) in [5, 5.41) is 5.55. The van der Waals surface area contributed by atoms with E-state index in [1.165, 1.54) is 25.3 Å². The van der Waals surface area contributed by atoms with E-state index >= 15 is 0 Å². The van der Waals surface area contributed by atoms with E-state index in [-0.39, 0.29) is 24.1 Å². The number of carbonyl (C=O) groups is 1. The Morgan fingerprint density at radius 1 is 1.06 bits per heavy atom. The van der Waals surface area contributed by atoms with Crippen LogP contribution < -0.4 is 15.4 Å². The van der Waals surface area contributed by atoms with Gasteiger partial charge in [0.25, 0.3) is 0 Å². The minimum atomic E-state index is -3.19. The van der Waals surface area contributed by atoms with Gasteiger partial charge < -0.3 is 15.4 Å². The van der Waals surface area contributed by atoms with Crippen molar-refractivity contribution in [3.8, 4) is 5.75 Å². The van der Waals surface area contributed by atoms with Gasteiger partial charge in [0.05, 0.1) is 11.9 Å². The maximum absolute atomic E-state index is 13.7. The van der Waals surface area contributed by atoms with E-state index in [0.29, 0.717) is 17.1 Å². The van der Waals surface area contributed by atoms with Crippen LogP contribution in [0.15, 0.2) is 36.7 Å². The summed E-state index contributed by atoms with van der Waals surface area (Å²) in [5.74, 6) is -3.32. The van der Waals surface area contributed by atoms with Gasteiger partial charge in [-0.1, -0.05) is 6.07 Å². The van der Waals surface area contributed by atoms with E-state index in [9.17, 15) is 13.6 Å². The Morgan fingerprint density at radius 3 is 2.48 bits per heavy atom. The Labute approximate surface area is 178 Å². The van der Waals surface area contributed by atoms with Crippen molar-refractivity contribution in [1.29, 1.82) is 0 Å². The topological polar surface area (TPSA) is 102 Å². The van der Waals surface area contributed by atoms with Crippen LogP contribution in [0.4, 0.5) is 26.1 Å². The van der Waals surface area contributed by atoms with E-state index in [1.54, 1.807) is 13.1 Å². The normalized spacial score (nSPS) is 11.2. The zero-order chi connectivity index (χ0) is 22.6. The monoisotopic (exact) mass is 428 g/mol. The smallest absolute Gasteiger partial charge is 0.303 e. The lowest BCUT2D eigenvalue weighted by Crippen LogP contribution is -2.14. The van der Waals surface area contributed by atoms with Crippen LogP contribution in [0.5, 0.6) is 5.75 Å². The van der Waals surface area contributed by atoms with Gasteiger partial charge in [-0.2, -0.15) is 8.78 Å². The molecule has 0 fully saturated rings. The zero-order valence-corrected chi connectivity index (χ0v) is 17.5. The molecule has 1 amide bonds. The summed E-state index contributed by atoms with van der Waals surface area (Å²) < 4.78 is 33.3. The number of nitrogens with zero attached hydrogens (tertiary/aromatic N) is 4. The van der Waals surface area contributed by atoms with Crippen molar-refractivity contribution in [3.63, 3.8) is 0 Å². The van der Waals surface area contributed by atoms with Crippen molar-refractivity contribution in [2.24, 2.45) is 0 Å². The van der Waals surface area contributed by atoms with Crippen LogP contribution in [0.2, 0.25) is 0 Å². The van der Waals surface area contributed by atoms with Crippen molar-refractivity contribution in [2.75, 3.05) is 10.6 Å². The number of ether oxygens (including phenoxy) is 1. The van der Waals surface area contributed by atoms with Crippen molar-refractivity contribution in [2.45, 2.75) is 40.2 Å². The maximum Gasteiger partial charge on any atom is 0.303 e. The van der Waals surface area contributed by atoms with Gasteiger partial charge in [-0.15, -0.1) is 0 Å². The van der Waals surface area contributed by atoms with Crippen LogP contribution in [-0.2, 0) is 17.3 Å². The molecule has 3 heterocycles. The molecule has 0 unspecified atom stereocenters. The largest absolute Gasteiger partial charge is 0.485 e. The summed E-state index contributed by atoms with van der Waals surface area (Å²) >= 11 is 0. The number of aromatic nitrogens is 4. The van der Waals surface area contributed by atoms with Crippen LogP contribution in [0.1, 0.15) is 36.6 Å². The molecule has 0 bridgehead atoms. The summed E-state index contributed by atoms with van der Waals surface area (Å²) in [7, 11) is 0. The quantitative estimate of drug-likeness (QED) is 0.579. The summed E-state index contributed by atoms with van der Waals surface area (Å²) in [6, 6.07) is 6.82. The van der Waals surface area contributed by atoms with Gasteiger partial charge in [0.1, 0.15) is 18.2 Å². The highest BCUT2D eigenvalue weighted by Crippen LogP contribution is 2.31. The molecule has 10 heteroatoms. The first-order valence-electron chi connectivity index (χ1n) is 9.43. The van der Waals surface area contributed by atoms with Gasteiger partial charge in [-0.3, -0.25) is 9.78 Å². The summed E-state index contributed by atoms with van der Waals surface area (Å²) in [4.78, 5) is 27.5. The lowest BCUT2D eigenvalue weighted by atomic mass is 10.2. The van der Waals surface area contributed by atoms with Crippen molar-refractivity contribution >= 4 is 23.2 Å². The maximum atomic E-state index is 13.7. The van der Waals surface area contributed by atoms with E-state index in [2.05, 4.69) is 30.6 Å². The average molecular weight is 428 g/mol. The number of pyridine rings is 2. The van der Waals surface area contributed by atoms with Crippen LogP contribution in [0.3, 0.4) is 0 Å². The van der Waals surface area contributed by atoms with Crippen LogP contribution in [-0.4, -0.2) is 25.8 Å². The van der Waals surface area contributed by atoms with Crippen molar-refractivity contribution < 1.29 is 18.3 Å². The molecule has 162 valence electrons. The number of carbonyl (C=O) groups excluding carboxylic acids is 1. The molecule has 0 aliphatic heterocycles. The zero-order valence-electron chi connectivity index (χ0n) is 17.5. The molecular formula is C21H22F2N6O2. The Balaban J connectivity index is 1.91. The molecule has 0 aliphatic rings. The Kier molecular flexibility index (Phi) is 6.38. The predicted octanol–water partition coefficient (Wildman–Crippen LogP) is 4.28. The SMILES string of the molecule is CC(=O)Nc1cc(Nc2cc(C)nc(C(C)(F)F)n2)c(OCc2ccc(C)nc2)cn1. The second-order valence-electron chi connectivity index (χ2n) is 7.07. The number of aryl methyl sites for hydroxylation is 2. The first kappa shape index (κ1) is 22.0. The average Bonchev–Trinajstić information content (AvgIpc) is 2.67. The number of hydrogen-bond donors (Lipinski definition) is 2. The molecule has 3 rings (SSSR count). The van der Waals surface area contributed by atoms with Gasteiger partial charge in [0.15, 0.2) is 5.75 Å². The fourth-order valence-corrected chi connectivity index (χ4v) is 2.62. The minimum Gasteiger partial charge on any atom is -0.485 e. The highest BCUT2D eigenvalue weighted by atomic mass is 19.3. The number of anilines is 3. The lowest BCUT2D eigenvalue weighted by Gasteiger charge is -2.16. The molecule has 3 aromatic rings. The van der Waals surface area contributed by atoms with Crippen molar-refractivity contribution in [1.82, 2.24) is 19.9 Å². The molecule has 31 heavy (non-hydrogen) atoms. The van der Waals surface area contributed by atoms with Gasteiger partial charge in [-0.25, -0.2) is 15.0 Å². The Morgan fingerprint density at radius 2 is 1.84 bits per heavy atom. The number of alkyl halides is 2. The Hall–Kier alpha value is -3.69. The summed E-state index contributed by atoms with van der Waals surface area (Å²) in [6.07, 6.45) is 3.13. The van der Waals surface area contributed by atoms with E-state index in [0.717, 1.165) is 18.2 Å². The molecule has 2 N–H and O–H groups in total. The second kappa shape index (κ2) is 8.99. The molecule has 0 radical (unpaired) electrons. The van der Waals surface area contributed by atoms with Crippen LogP contribution >= 0.6 is 0 Å². The number of amides is 1. The standard InChI is InChI=1S/C21H22F2N6O2/c1-12-5-6-15(9-24-12)11-31-17-10-25-18(27-14(3)30)8-16(17)28-19-7-13(2)26-20(29-19)21(4,22)23/h5-10H,11H2,1-4H3,(H2,25,26,27,28,29,30). The third kappa shape index (κ3) is 6.14. The number of nitrogens with one attached hydrogen (secondary N) is 2. The highest BCUT2D eigenvalue weighted by molar-refractivity contribution is 5.88. The summed E-state index contributed by atoms with van der Waals surface area (Å²) in [5.41, 5.74) is 2.49. The van der Waals surface area contributed by atoms with Gasteiger partial charge >= 0.3 is 5.92 Å². The highest BCUT2D eigenvalue weighted by Gasteiger charge is 2.29. The minimum absolute atomic E-state index is 0.158. The van der Waals surface area contributed by atoms with Gasteiger partial charge in [0, 0.05) is 49.1 Å². The second-order valence-corrected chi connectivity index (χ2v) is 7.07. The molecule has 0 aliphatic carbocycles. The molecular weight excluding hydrogens is 406 g/mol. The summed E-state index contributed by atoms with van der Waals surface area (Å²) in [6.45, 7) is 5.78. The van der Waals surface area contributed by atoms with E-state index in [4.69, 9.17) is 4.74 Å². The van der Waals surface area contributed by atoms with Gasteiger partial charge in [-0.05, 0) is 19.9 Å². The van der Waals surface area contributed by atoms with E-state index in [1.807, 2.05) is 19.1 Å². The number of rotatable bonds is 7. The molecule has 0 saturated heterocycles.